The number of nitrogens with zero attached hydrogens (tertiary/aromatic N) is 5. The molecular weight excluding hydrogens is 376 g/mol. The number of benzene rings is 1. The summed E-state index contributed by atoms with van der Waals surface area (Å²) in [6.07, 6.45) is 4.78. The molecule has 0 radical (unpaired) electrons. The Balaban J connectivity index is 1.68. The van der Waals surface area contributed by atoms with Gasteiger partial charge in [-0.3, -0.25) is 9.69 Å². The van der Waals surface area contributed by atoms with Crippen LogP contribution >= 0.6 is 0 Å². The minimum atomic E-state index is -0.185. The molecule has 1 aromatic carbocycles. The van der Waals surface area contributed by atoms with Gasteiger partial charge in [0.25, 0.3) is 5.56 Å². The van der Waals surface area contributed by atoms with Gasteiger partial charge in [-0.2, -0.15) is 0 Å². The first-order valence-corrected chi connectivity index (χ1v) is 10.9. The number of rotatable bonds is 5. The standard InChI is InChI=1S/C23H32N6O/c1-15-10-17-12-18(22(30)24-20(17)11-16(15)2)13-28(19-8-6-7-9-19)14-21-25-26-27-29(21)23(3,4)5/h10-12,19H,6-9,13-14H2,1-5H3,(H,24,30). The van der Waals surface area contributed by atoms with Crippen molar-refractivity contribution >= 4 is 10.9 Å². The molecule has 160 valence electrons. The Bertz CT molecular complexity index is 1100. The Morgan fingerprint density at radius 3 is 2.50 bits per heavy atom. The fourth-order valence-electron chi connectivity index (χ4n) is 4.45. The topological polar surface area (TPSA) is 79.7 Å². The van der Waals surface area contributed by atoms with E-state index in [9.17, 15) is 4.79 Å². The average Bonchev–Trinajstić information content (AvgIpc) is 3.34. The number of aryl methyl sites for hydroxylation is 2. The van der Waals surface area contributed by atoms with Crippen LogP contribution in [0.25, 0.3) is 10.9 Å². The number of hydrogen-bond donors (Lipinski definition) is 1. The first kappa shape index (κ1) is 20.7. The number of tetrazole rings is 1. The van der Waals surface area contributed by atoms with Gasteiger partial charge in [-0.25, -0.2) is 4.68 Å². The second kappa shape index (κ2) is 7.95. The molecule has 1 fully saturated rings. The summed E-state index contributed by atoms with van der Waals surface area (Å²) in [5.41, 5.74) is 3.92. The Hall–Kier alpha value is -2.54. The normalized spacial score (nSPS) is 15.5. The van der Waals surface area contributed by atoms with Crippen molar-refractivity contribution in [1.82, 2.24) is 30.1 Å². The molecule has 2 heterocycles. The summed E-state index contributed by atoms with van der Waals surface area (Å²) >= 11 is 0. The molecule has 1 saturated carbocycles. The fourth-order valence-corrected chi connectivity index (χ4v) is 4.45. The molecule has 7 heteroatoms. The van der Waals surface area contributed by atoms with E-state index in [0.717, 1.165) is 35.1 Å². The van der Waals surface area contributed by atoms with Crippen molar-refractivity contribution in [3.8, 4) is 0 Å². The lowest BCUT2D eigenvalue weighted by Gasteiger charge is -2.29. The molecule has 0 unspecified atom stereocenters. The van der Waals surface area contributed by atoms with Gasteiger partial charge in [-0.05, 0) is 92.6 Å². The molecule has 3 aromatic rings. The van der Waals surface area contributed by atoms with Crippen LogP contribution in [-0.4, -0.2) is 36.1 Å². The second-order valence-electron chi connectivity index (χ2n) is 9.67. The molecule has 30 heavy (non-hydrogen) atoms. The molecule has 0 amide bonds. The van der Waals surface area contributed by atoms with Crippen LogP contribution < -0.4 is 5.56 Å². The summed E-state index contributed by atoms with van der Waals surface area (Å²) in [7, 11) is 0. The summed E-state index contributed by atoms with van der Waals surface area (Å²) in [6.45, 7) is 11.7. The lowest BCUT2D eigenvalue weighted by atomic mass is 10.0. The molecular formula is C23H32N6O. The number of aromatic amines is 1. The average molecular weight is 409 g/mol. The van der Waals surface area contributed by atoms with Crippen molar-refractivity contribution in [2.75, 3.05) is 0 Å². The van der Waals surface area contributed by atoms with E-state index < -0.39 is 0 Å². The molecule has 1 aliphatic rings. The predicted molar refractivity (Wildman–Crippen MR) is 118 cm³/mol. The van der Waals surface area contributed by atoms with Crippen molar-refractivity contribution in [1.29, 1.82) is 0 Å². The quantitative estimate of drug-likeness (QED) is 0.694. The van der Waals surface area contributed by atoms with Crippen LogP contribution in [0.2, 0.25) is 0 Å². The van der Waals surface area contributed by atoms with E-state index in [0.29, 0.717) is 19.1 Å². The van der Waals surface area contributed by atoms with Crippen molar-refractivity contribution in [3.05, 3.63) is 51.1 Å². The van der Waals surface area contributed by atoms with Crippen molar-refractivity contribution in [2.45, 2.75) is 85.0 Å². The summed E-state index contributed by atoms with van der Waals surface area (Å²) < 4.78 is 1.89. The molecule has 0 atom stereocenters. The minimum Gasteiger partial charge on any atom is -0.322 e. The monoisotopic (exact) mass is 408 g/mol. The van der Waals surface area contributed by atoms with E-state index in [1.54, 1.807) is 0 Å². The highest BCUT2D eigenvalue weighted by Crippen LogP contribution is 2.27. The lowest BCUT2D eigenvalue weighted by molar-refractivity contribution is 0.167. The smallest absolute Gasteiger partial charge is 0.252 e. The van der Waals surface area contributed by atoms with Gasteiger partial charge in [0.15, 0.2) is 5.82 Å². The summed E-state index contributed by atoms with van der Waals surface area (Å²) in [6, 6.07) is 6.71. The van der Waals surface area contributed by atoms with Gasteiger partial charge >= 0.3 is 0 Å². The molecule has 1 N–H and O–H groups in total. The number of nitrogens with one attached hydrogen (secondary N) is 1. The highest BCUT2D eigenvalue weighted by atomic mass is 16.1. The van der Waals surface area contributed by atoms with E-state index in [2.05, 4.69) is 78.2 Å². The van der Waals surface area contributed by atoms with E-state index in [4.69, 9.17) is 0 Å². The maximum Gasteiger partial charge on any atom is 0.252 e. The van der Waals surface area contributed by atoms with Crippen LogP contribution in [0.15, 0.2) is 23.0 Å². The number of pyridine rings is 1. The van der Waals surface area contributed by atoms with Crippen LogP contribution in [0, 0.1) is 13.8 Å². The largest absolute Gasteiger partial charge is 0.322 e. The second-order valence-corrected chi connectivity index (χ2v) is 9.67. The van der Waals surface area contributed by atoms with Crippen LogP contribution in [0.5, 0.6) is 0 Å². The third kappa shape index (κ3) is 4.17. The highest BCUT2D eigenvalue weighted by molar-refractivity contribution is 5.80. The molecule has 4 rings (SSSR count). The van der Waals surface area contributed by atoms with Gasteiger partial charge in [0.1, 0.15) is 0 Å². The van der Waals surface area contributed by atoms with Crippen LogP contribution in [-0.2, 0) is 18.6 Å². The lowest BCUT2D eigenvalue weighted by Crippen LogP contribution is -2.36. The van der Waals surface area contributed by atoms with Gasteiger partial charge < -0.3 is 4.98 Å². The van der Waals surface area contributed by atoms with E-state index in [1.165, 1.54) is 24.0 Å². The third-order valence-electron chi connectivity index (χ3n) is 6.26. The molecule has 0 aliphatic heterocycles. The summed E-state index contributed by atoms with van der Waals surface area (Å²) in [5.74, 6) is 0.845. The Morgan fingerprint density at radius 2 is 1.80 bits per heavy atom. The third-order valence-corrected chi connectivity index (χ3v) is 6.26. The van der Waals surface area contributed by atoms with Crippen molar-refractivity contribution in [2.24, 2.45) is 0 Å². The Morgan fingerprint density at radius 1 is 1.10 bits per heavy atom. The zero-order chi connectivity index (χ0) is 21.5. The molecule has 7 nitrogen and oxygen atoms in total. The Kier molecular flexibility index (Phi) is 5.49. The number of aromatic nitrogens is 5. The SMILES string of the molecule is Cc1cc2cc(CN(Cc3nnnn3C(C)(C)C)C3CCCC3)c(=O)[nH]c2cc1C. The number of fused-ring (bicyclic) bond motifs is 1. The molecule has 0 bridgehead atoms. The van der Waals surface area contributed by atoms with E-state index >= 15 is 0 Å². The van der Waals surface area contributed by atoms with Crippen molar-refractivity contribution in [3.63, 3.8) is 0 Å². The highest BCUT2D eigenvalue weighted by Gasteiger charge is 2.27. The summed E-state index contributed by atoms with van der Waals surface area (Å²) in [5, 5.41) is 13.5. The maximum absolute atomic E-state index is 12.9. The van der Waals surface area contributed by atoms with Gasteiger partial charge in [0.05, 0.1) is 12.1 Å². The van der Waals surface area contributed by atoms with E-state index in [-0.39, 0.29) is 11.1 Å². The zero-order valence-corrected chi connectivity index (χ0v) is 18.7. The predicted octanol–water partition coefficient (Wildman–Crippen LogP) is 3.83. The van der Waals surface area contributed by atoms with E-state index in [1.807, 2.05) is 4.68 Å². The van der Waals surface area contributed by atoms with Crippen molar-refractivity contribution < 1.29 is 0 Å². The fraction of sp³-hybridized carbons (Fsp3) is 0.565. The number of hydrogen-bond acceptors (Lipinski definition) is 5. The van der Waals surface area contributed by atoms with Crippen LogP contribution in [0.3, 0.4) is 0 Å². The first-order valence-electron chi connectivity index (χ1n) is 10.9. The summed E-state index contributed by atoms with van der Waals surface area (Å²) in [4.78, 5) is 18.4. The molecule has 1 aliphatic carbocycles. The molecule has 0 saturated heterocycles. The van der Waals surface area contributed by atoms with Crippen LogP contribution in [0.1, 0.15) is 69.0 Å². The Labute approximate surface area is 177 Å². The minimum absolute atomic E-state index is 0.0100. The van der Waals surface area contributed by atoms with Gasteiger partial charge in [-0.1, -0.05) is 12.8 Å². The van der Waals surface area contributed by atoms with Crippen LogP contribution in [0.4, 0.5) is 0 Å². The number of H-pyrrole nitrogens is 1. The van der Waals surface area contributed by atoms with Gasteiger partial charge in [0, 0.05) is 23.7 Å². The zero-order valence-electron chi connectivity index (χ0n) is 18.7. The molecule has 2 aromatic heterocycles. The van der Waals surface area contributed by atoms with Gasteiger partial charge in [-0.15, -0.1) is 5.10 Å². The van der Waals surface area contributed by atoms with Gasteiger partial charge in [0.2, 0.25) is 0 Å². The first-order chi connectivity index (χ1) is 14.2. The molecule has 0 spiro atoms. The maximum atomic E-state index is 12.9.